The Bertz CT molecular complexity index is 1190. The number of hydrazine groups is 1. The fraction of sp³-hybridized carbons (Fsp3) is 0.667. The number of aryl methyl sites for hydroxylation is 1. The average molecular weight is 536 g/mol. The topological polar surface area (TPSA) is 99.8 Å². The number of fused-ring (bicyclic) bond motifs is 2. The van der Waals surface area contributed by atoms with Crippen molar-refractivity contribution in [2.24, 2.45) is 5.92 Å². The van der Waals surface area contributed by atoms with Crippen LogP contribution in [0, 0.1) is 5.92 Å². The van der Waals surface area contributed by atoms with Gasteiger partial charge in [0.15, 0.2) is 0 Å². The summed E-state index contributed by atoms with van der Waals surface area (Å²) in [6.07, 6.45) is 6.00. The van der Waals surface area contributed by atoms with Crippen molar-refractivity contribution in [3.8, 4) is 5.75 Å². The number of nitrogens with zero attached hydrogens (tertiary/aromatic N) is 4. The predicted molar refractivity (Wildman–Crippen MR) is 151 cm³/mol. The zero-order valence-electron chi connectivity index (χ0n) is 23.9. The lowest BCUT2D eigenvalue weighted by Crippen LogP contribution is -2.63. The van der Waals surface area contributed by atoms with Gasteiger partial charge in [-0.1, -0.05) is 19.9 Å². The van der Waals surface area contributed by atoms with Crippen LogP contribution in [0.2, 0.25) is 0 Å². The van der Waals surface area contributed by atoms with Crippen LogP contribution >= 0.6 is 0 Å². The lowest BCUT2D eigenvalue weighted by molar-refractivity contribution is -0.144. The number of aromatic hydroxyl groups is 1. The molecule has 1 aromatic heterocycles. The molecule has 1 amide bonds. The highest BCUT2D eigenvalue weighted by atomic mass is 16.3. The predicted octanol–water partition coefficient (Wildman–Crippen LogP) is 2.69. The standard InChI is InChI=1S/C30H45N7O2/c1-5-11-36-17-26-25(14-27(36)30(39)37-15-20(16-37)35(3)4)31-29(32-26)28-23-9-7-19(13-24(23)33-34-28)22-10-8-21(38)12-18(22)6-2/h8,10,12,19-20,23-24,27-28,33-34,38H,5-7,9,11,13-17H2,1-4H3,(H,31,32)/t19?,23?,24?,27-,28?/m0/s1. The van der Waals surface area contributed by atoms with Gasteiger partial charge in [-0.2, -0.15) is 0 Å². The van der Waals surface area contributed by atoms with Gasteiger partial charge in [-0.15, -0.1) is 0 Å². The number of carbonyl (C=O) groups is 1. The summed E-state index contributed by atoms with van der Waals surface area (Å²) in [6, 6.07) is 6.78. The molecule has 4 unspecified atom stereocenters. The number of benzene rings is 1. The highest BCUT2D eigenvalue weighted by Gasteiger charge is 2.44. The first-order chi connectivity index (χ1) is 18.9. The fourth-order valence-corrected chi connectivity index (χ4v) is 7.39. The Hall–Kier alpha value is -2.46. The molecule has 6 rings (SSSR count). The van der Waals surface area contributed by atoms with E-state index in [-0.39, 0.29) is 18.0 Å². The lowest BCUT2D eigenvalue weighted by atomic mass is 9.73. The fourth-order valence-electron chi connectivity index (χ4n) is 7.39. The second-order valence-corrected chi connectivity index (χ2v) is 12.4. The van der Waals surface area contributed by atoms with Crippen LogP contribution in [0.25, 0.3) is 0 Å². The summed E-state index contributed by atoms with van der Waals surface area (Å²) in [7, 11) is 4.18. The van der Waals surface area contributed by atoms with Gasteiger partial charge in [-0.25, -0.2) is 10.4 Å². The number of carbonyl (C=O) groups excluding carboxylic acids is 1. The molecule has 0 radical (unpaired) electrons. The maximum Gasteiger partial charge on any atom is 0.240 e. The molecule has 3 fully saturated rings. The number of imidazole rings is 1. The third-order valence-electron chi connectivity index (χ3n) is 9.77. The summed E-state index contributed by atoms with van der Waals surface area (Å²) in [6.45, 7) is 7.68. The van der Waals surface area contributed by atoms with E-state index in [1.54, 1.807) is 0 Å². The average Bonchev–Trinajstić information content (AvgIpc) is 3.50. The Morgan fingerprint density at radius 1 is 1.18 bits per heavy atom. The van der Waals surface area contributed by atoms with Crippen LogP contribution < -0.4 is 10.9 Å². The molecule has 1 saturated carbocycles. The minimum Gasteiger partial charge on any atom is -0.508 e. The Morgan fingerprint density at radius 2 is 2.00 bits per heavy atom. The van der Waals surface area contributed by atoms with Crippen molar-refractivity contribution < 1.29 is 9.90 Å². The number of phenolic OH excluding ortho intramolecular Hbond substituents is 1. The van der Waals surface area contributed by atoms with E-state index in [1.807, 2.05) is 17.0 Å². The highest BCUT2D eigenvalue weighted by molar-refractivity contribution is 5.83. The van der Waals surface area contributed by atoms with E-state index in [0.29, 0.717) is 36.1 Å². The van der Waals surface area contributed by atoms with Gasteiger partial charge in [0.25, 0.3) is 0 Å². The largest absolute Gasteiger partial charge is 0.508 e. The molecule has 4 aliphatic rings. The molecule has 1 aliphatic carbocycles. The third-order valence-corrected chi connectivity index (χ3v) is 9.77. The van der Waals surface area contributed by atoms with Crippen LogP contribution in [0.1, 0.15) is 79.8 Å². The number of likely N-dealkylation sites (tertiary alicyclic amines) is 1. The molecule has 2 aromatic rings. The maximum absolute atomic E-state index is 13.5. The van der Waals surface area contributed by atoms with Crippen LogP contribution in [-0.2, 0) is 24.2 Å². The SMILES string of the molecule is CCCN1Cc2[nH]c(C3NNC4CC(c5ccc(O)cc5CC)CCC43)nc2C[C@H]1C(=O)N1CC(N(C)C)C1. The number of aromatic amines is 1. The first-order valence-electron chi connectivity index (χ1n) is 15.0. The van der Waals surface area contributed by atoms with Crippen molar-refractivity contribution in [3.05, 3.63) is 46.5 Å². The Morgan fingerprint density at radius 3 is 2.74 bits per heavy atom. The van der Waals surface area contributed by atoms with Crippen molar-refractivity contribution in [3.63, 3.8) is 0 Å². The highest BCUT2D eigenvalue weighted by Crippen LogP contribution is 2.44. The number of H-pyrrole nitrogens is 1. The van der Waals surface area contributed by atoms with Crippen molar-refractivity contribution >= 4 is 5.91 Å². The second kappa shape index (κ2) is 10.8. The molecule has 3 aliphatic heterocycles. The number of phenols is 1. The molecule has 2 saturated heterocycles. The van der Waals surface area contributed by atoms with Gasteiger partial charge in [-0.3, -0.25) is 15.1 Å². The number of likely N-dealkylation sites (N-methyl/N-ethyl adjacent to an activating group) is 1. The molecular weight excluding hydrogens is 490 g/mol. The Kier molecular flexibility index (Phi) is 7.43. The number of nitrogens with one attached hydrogen (secondary N) is 3. The molecule has 4 heterocycles. The van der Waals surface area contributed by atoms with Crippen molar-refractivity contribution in [1.29, 1.82) is 0 Å². The smallest absolute Gasteiger partial charge is 0.240 e. The number of rotatable bonds is 7. The van der Waals surface area contributed by atoms with Crippen molar-refractivity contribution in [2.45, 2.75) is 89.0 Å². The second-order valence-electron chi connectivity index (χ2n) is 12.4. The quantitative estimate of drug-likeness (QED) is 0.433. The van der Waals surface area contributed by atoms with E-state index in [1.165, 1.54) is 16.8 Å². The van der Waals surface area contributed by atoms with E-state index in [9.17, 15) is 9.90 Å². The first-order valence-corrected chi connectivity index (χ1v) is 15.0. The summed E-state index contributed by atoms with van der Waals surface area (Å²) in [5.41, 5.74) is 12.1. The minimum absolute atomic E-state index is 0.118. The zero-order chi connectivity index (χ0) is 27.3. The maximum atomic E-state index is 13.5. The lowest BCUT2D eigenvalue weighted by Gasteiger charge is -2.46. The zero-order valence-corrected chi connectivity index (χ0v) is 23.9. The Labute approximate surface area is 232 Å². The van der Waals surface area contributed by atoms with Gasteiger partial charge in [0, 0.05) is 38.1 Å². The summed E-state index contributed by atoms with van der Waals surface area (Å²) in [5, 5.41) is 9.95. The molecule has 39 heavy (non-hydrogen) atoms. The molecule has 5 atom stereocenters. The van der Waals surface area contributed by atoms with Gasteiger partial charge in [0.05, 0.1) is 23.5 Å². The van der Waals surface area contributed by atoms with E-state index >= 15 is 0 Å². The van der Waals surface area contributed by atoms with Crippen LogP contribution in [0.5, 0.6) is 5.75 Å². The van der Waals surface area contributed by atoms with Crippen LogP contribution in [0.3, 0.4) is 0 Å². The van der Waals surface area contributed by atoms with Gasteiger partial charge in [-0.05, 0) is 87.8 Å². The van der Waals surface area contributed by atoms with Gasteiger partial charge in [0.2, 0.25) is 5.91 Å². The molecule has 0 bridgehead atoms. The minimum atomic E-state index is -0.118. The van der Waals surface area contributed by atoms with Crippen LogP contribution in [0.4, 0.5) is 0 Å². The normalized spacial score (nSPS) is 29.4. The van der Waals surface area contributed by atoms with Gasteiger partial charge >= 0.3 is 0 Å². The number of hydrogen-bond acceptors (Lipinski definition) is 7. The Balaban J connectivity index is 1.15. The first kappa shape index (κ1) is 26.7. The monoisotopic (exact) mass is 535 g/mol. The molecule has 0 spiro atoms. The van der Waals surface area contributed by atoms with E-state index < -0.39 is 0 Å². The van der Waals surface area contributed by atoms with E-state index in [4.69, 9.17) is 4.98 Å². The van der Waals surface area contributed by atoms with Gasteiger partial charge in [0.1, 0.15) is 11.6 Å². The van der Waals surface area contributed by atoms with Crippen molar-refractivity contribution in [1.82, 2.24) is 35.5 Å². The number of hydrogen-bond donors (Lipinski definition) is 4. The summed E-state index contributed by atoms with van der Waals surface area (Å²) in [5.74, 6) is 2.61. The molecular formula is C30H45N7O2. The number of amides is 1. The number of aromatic nitrogens is 2. The third kappa shape index (κ3) is 4.99. The molecule has 212 valence electrons. The van der Waals surface area contributed by atoms with Gasteiger partial charge < -0.3 is 19.9 Å². The molecule has 9 heteroatoms. The molecule has 9 nitrogen and oxygen atoms in total. The molecule has 4 N–H and O–H groups in total. The van der Waals surface area contributed by atoms with Crippen LogP contribution in [0.15, 0.2) is 18.2 Å². The van der Waals surface area contributed by atoms with Crippen LogP contribution in [-0.4, -0.2) is 87.5 Å². The summed E-state index contributed by atoms with van der Waals surface area (Å²) >= 11 is 0. The summed E-state index contributed by atoms with van der Waals surface area (Å²) in [4.78, 5) is 28.9. The summed E-state index contributed by atoms with van der Waals surface area (Å²) < 4.78 is 0. The van der Waals surface area contributed by atoms with E-state index in [2.05, 4.69) is 59.6 Å². The van der Waals surface area contributed by atoms with Crippen molar-refractivity contribution in [2.75, 3.05) is 33.7 Å². The molecule has 1 aromatic carbocycles. The van der Waals surface area contributed by atoms with E-state index in [0.717, 1.165) is 69.8 Å².